The summed E-state index contributed by atoms with van der Waals surface area (Å²) in [7, 11) is 0. The number of nitrogens with zero attached hydrogens (tertiary/aromatic N) is 2. The quantitative estimate of drug-likeness (QED) is 0.640. The molecule has 3 rings (SSSR count). The van der Waals surface area contributed by atoms with Crippen LogP contribution < -0.4 is 5.76 Å². The highest BCUT2D eigenvalue weighted by atomic mass is 35.5. The Bertz CT molecular complexity index is 836. The van der Waals surface area contributed by atoms with Crippen LogP contribution in [-0.2, 0) is 13.1 Å². The number of halogens is 1. The second-order valence-corrected chi connectivity index (χ2v) is 7.22. The molecule has 0 N–H and O–H groups in total. The Morgan fingerprint density at radius 3 is 2.83 bits per heavy atom. The number of thiophene rings is 1. The first-order valence-electron chi connectivity index (χ1n) is 7.72. The smallest absolute Gasteiger partial charge is 0.408 e. The molecule has 2 heterocycles. The summed E-state index contributed by atoms with van der Waals surface area (Å²) in [5.74, 6) is -0.278. The van der Waals surface area contributed by atoms with Crippen molar-refractivity contribution in [3.63, 3.8) is 0 Å². The lowest BCUT2D eigenvalue weighted by Gasteiger charge is -2.19. The molecule has 0 amide bonds. The molecule has 0 spiro atoms. The van der Waals surface area contributed by atoms with Crippen LogP contribution in [0, 0.1) is 0 Å². The lowest BCUT2D eigenvalue weighted by atomic mass is 10.3. The summed E-state index contributed by atoms with van der Waals surface area (Å²) in [4.78, 5) is 15.6. The van der Waals surface area contributed by atoms with E-state index < -0.39 is 0 Å². The first-order valence-corrected chi connectivity index (χ1v) is 8.91. The number of benzene rings is 1. The van der Waals surface area contributed by atoms with Crippen molar-refractivity contribution in [2.24, 2.45) is 0 Å². The van der Waals surface area contributed by atoms with Crippen molar-refractivity contribution in [3.05, 3.63) is 56.2 Å². The lowest BCUT2D eigenvalue weighted by Crippen LogP contribution is -2.25. The molecule has 122 valence electrons. The Hall–Kier alpha value is -1.56. The van der Waals surface area contributed by atoms with Crippen LogP contribution in [0.5, 0.6) is 0 Å². The van der Waals surface area contributed by atoms with Crippen LogP contribution in [0.25, 0.3) is 11.1 Å². The number of rotatable bonds is 7. The van der Waals surface area contributed by atoms with Crippen LogP contribution in [0.2, 0.25) is 4.34 Å². The van der Waals surface area contributed by atoms with Crippen LogP contribution in [-0.4, -0.2) is 22.6 Å². The summed E-state index contributed by atoms with van der Waals surface area (Å²) >= 11 is 7.60. The molecule has 2 aromatic heterocycles. The van der Waals surface area contributed by atoms with Gasteiger partial charge in [-0.3, -0.25) is 9.47 Å². The Labute approximate surface area is 143 Å². The SMILES string of the molecule is CCN(CCCn1c(=O)oc2ccccc21)Cc1ccc(Cl)s1. The summed E-state index contributed by atoms with van der Waals surface area (Å²) in [6, 6.07) is 11.6. The standard InChI is InChI=1S/C17H19ClN2O2S/c1-2-19(12-13-8-9-16(18)23-13)10-5-11-20-14-6-3-4-7-15(14)22-17(20)21/h3-4,6-9H,2,5,10-12H2,1H3. The van der Waals surface area contributed by atoms with E-state index in [0.717, 1.165) is 35.9 Å². The van der Waals surface area contributed by atoms with E-state index >= 15 is 0 Å². The Morgan fingerprint density at radius 1 is 1.26 bits per heavy atom. The second kappa shape index (κ2) is 7.34. The number of hydrogen-bond acceptors (Lipinski definition) is 4. The zero-order valence-electron chi connectivity index (χ0n) is 13.0. The van der Waals surface area contributed by atoms with Crippen LogP contribution in [0.1, 0.15) is 18.2 Å². The van der Waals surface area contributed by atoms with Gasteiger partial charge in [-0.15, -0.1) is 11.3 Å². The summed E-state index contributed by atoms with van der Waals surface area (Å²) in [6.07, 6.45) is 0.899. The van der Waals surface area contributed by atoms with Gasteiger partial charge in [0.2, 0.25) is 0 Å². The predicted octanol–water partition coefficient (Wildman–Crippen LogP) is 4.22. The number of aromatic nitrogens is 1. The minimum atomic E-state index is -0.278. The number of fused-ring (bicyclic) bond motifs is 1. The maximum atomic E-state index is 11.9. The van der Waals surface area contributed by atoms with Crippen molar-refractivity contribution in [1.82, 2.24) is 9.47 Å². The van der Waals surface area contributed by atoms with Gasteiger partial charge in [-0.2, -0.15) is 0 Å². The van der Waals surface area contributed by atoms with Gasteiger partial charge in [0.1, 0.15) is 0 Å². The molecule has 0 fully saturated rings. The van der Waals surface area contributed by atoms with Gasteiger partial charge in [0.25, 0.3) is 0 Å². The average Bonchev–Trinajstić information content (AvgIpc) is 3.09. The predicted molar refractivity (Wildman–Crippen MR) is 95.4 cm³/mol. The van der Waals surface area contributed by atoms with E-state index in [1.807, 2.05) is 30.3 Å². The topological polar surface area (TPSA) is 38.4 Å². The maximum Gasteiger partial charge on any atom is 0.419 e. The van der Waals surface area contributed by atoms with Crippen LogP contribution in [0.4, 0.5) is 0 Å². The Kier molecular flexibility index (Phi) is 5.20. The summed E-state index contributed by atoms with van der Waals surface area (Å²) in [5, 5.41) is 0. The van der Waals surface area contributed by atoms with E-state index in [0.29, 0.717) is 12.1 Å². The molecule has 0 atom stereocenters. The fourth-order valence-electron chi connectivity index (χ4n) is 2.68. The van der Waals surface area contributed by atoms with Crippen molar-refractivity contribution in [2.45, 2.75) is 26.4 Å². The fourth-order valence-corrected chi connectivity index (χ4v) is 3.81. The minimum absolute atomic E-state index is 0.278. The summed E-state index contributed by atoms with van der Waals surface area (Å²) in [5.41, 5.74) is 1.52. The number of aryl methyl sites for hydroxylation is 1. The molecule has 0 saturated carbocycles. The lowest BCUT2D eigenvalue weighted by molar-refractivity contribution is 0.272. The maximum absolute atomic E-state index is 11.9. The monoisotopic (exact) mass is 350 g/mol. The van der Waals surface area contributed by atoms with Gasteiger partial charge >= 0.3 is 5.76 Å². The normalized spacial score (nSPS) is 11.6. The summed E-state index contributed by atoms with van der Waals surface area (Å²) < 4.78 is 7.80. The van der Waals surface area contributed by atoms with Gasteiger partial charge in [0.15, 0.2) is 5.58 Å². The van der Waals surface area contributed by atoms with Gasteiger partial charge in [0, 0.05) is 24.5 Å². The highest BCUT2D eigenvalue weighted by Crippen LogP contribution is 2.22. The van der Waals surface area contributed by atoms with Gasteiger partial charge in [-0.1, -0.05) is 30.7 Å². The van der Waals surface area contributed by atoms with Crippen LogP contribution >= 0.6 is 22.9 Å². The first kappa shape index (κ1) is 16.3. The van der Waals surface area contributed by atoms with Crippen molar-refractivity contribution in [3.8, 4) is 0 Å². The van der Waals surface area contributed by atoms with Crippen molar-refractivity contribution in [2.75, 3.05) is 13.1 Å². The third-order valence-electron chi connectivity index (χ3n) is 3.89. The third kappa shape index (κ3) is 3.86. The highest BCUT2D eigenvalue weighted by Gasteiger charge is 2.10. The molecule has 23 heavy (non-hydrogen) atoms. The Balaban J connectivity index is 1.61. The van der Waals surface area contributed by atoms with E-state index in [4.69, 9.17) is 16.0 Å². The van der Waals surface area contributed by atoms with Crippen molar-refractivity contribution in [1.29, 1.82) is 0 Å². The van der Waals surface area contributed by atoms with E-state index in [1.165, 1.54) is 4.88 Å². The zero-order valence-corrected chi connectivity index (χ0v) is 14.6. The highest BCUT2D eigenvalue weighted by molar-refractivity contribution is 7.16. The Morgan fingerprint density at radius 2 is 2.09 bits per heavy atom. The molecule has 0 aliphatic carbocycles. The van der Waals surface area contributed by atoms with Crippen molar-refractivity contribution >= 4 is 34.0 Å². The molecule has 4 nitrogen and oxygen atoms in total. The van der Waals surface area contributed by atoms with E-state index in [2.05, 4.69) is 17.9 Å². The number of hydrogen-bond donors (Lipinski definition) is 0. The van der Waals surface area contributed by atoms with E-state index in [1.54, 1.807) is 15.9 Å². The van der Waals surface area contributed by atoms with Gasteiger partial charge < -0.3 is 4.42 Å². The third-order valence-corrected chi connectivity index (χ3v) is 5.10. The van der Waals surface area contributed by atoms with Gasteiger partial charge in [-0.05, 0) is 37.2 Å². The largest absolute Gasteiger partial charge is 0.419 e. The molecular weight excluding hydrogens is 332 g/mol. The molecule has 0 radical (unpaired) electrons. The zero-order chi connectivity index (χ0) is 16.2. The number of oxazole rings is 1. The summed E-state index contributed by atoms with van der Waals surface area (Å²) in [6.45, 7) is 5.61. The van der Waals surface area contributed by atoms with Gasteiger partial charge in [-0.25, -0.2) is 4.79 Å². The molecule has 0 aliphatic heterocycles. The van der Waals surface area contributed by atoms with Crippen molar-refractivity contribution < 1.29 is 4.42 Å². The first-order chi connectivity index (χ1) is 11.2. The molecule has 3 aromatic rings. The van der Waals surface area contributed by atoms with Gasteiger partial charge in [0.05, 0.1) is 9.85 Å². The molecule has 0 unspecified atom stereocenters. The molecule has 6 heteroatoms. The number of para-hydroxylation sites is 2. The molecular formula is C17H19ClN2O2S. The van der Waals surface area contributed by atoms with E-state index in [9.17, 15) is 4.79 Å². The molecule has 0 saturated heterocycles. The molecule has 1 aromatic carbocycles. The second-order valence-electron chi connectivity index (χ2n) is 5.42. The molecule has 0 bridgehead atoms. The van der Waals surface area contributed by atoms with E-state index in [-0.39, 0.29) is 5.76 Å². The average molecular weight is 351 g/mol. The fraction of sp³-hybridized carbons (Fsp3) is 0.353. The van der Waals surface area contributed by atoms with Crippen LogP contribution in [0.3, 0.4) is 0 Å². The minimum Gasteiger partial charge on any atom is -0.408 e. The van der Waals surface area contributed by atoms with Crippen LogP contribution in [0.15, 0.2) is 45.6 Å². The molecule has 0 aliphatic rings.